The number of rotatable bonds is 10. The predicted molar refractivity (Wildman–Crippen MR) is 142 cm³/mol. The van der Waals surface area contributed by atoms with Crippen LogP contribution in [-0.4, -0.2) is 44.0 Å². The van der Waals surface area contributed by atoms with Crippen molar-refractivity contribution in [2.24, 2.45) is 10.7 Å². The van der Waals surface area contributed by atoms with E-state index in [4.69, 9.17) is 10.2 Å². The number of fused-ring (bicyclic) bond motifs is 1. The van der Waals surface area contributed by atoms with Gasteiger partial charge in [0.1, 0.15) is 24.4 Å². The van der Waals surface area contributed by atoms with Gasteiger partial charge in [-0.3, -0.25) is 9.79 Å². The maximum absolute atomic E-state index is 13.7. The Morgan fingerprint density at radius 1 is 1.14 bits per heavy atom. The molecule has 0 fully saturated rings. The Morgan fingerprint density at radius 3 is 2.68 bits per heavy atom. The number of anilines is 1. The number of amidine groups is 1. The minimum Gasteiger partial charge on any atom is -0.438 e. The fourth-order valence-electron chi connectivity index (χ4n) is 3.94. The van der Waals surface area contributed by atoms with Gasteiger partial charge in [0.05, 0.1) is 6.20 Å². The molecule has 0 aliphatic carbocycles. The Balaban J connectivity index is 1.55. The number of halogens is 2. The molecule has 4 rings (SSSR count). The number of hydrogen-bond donors (Lipinski definition) is 2. The van der Waals surface area contributed by atoms with Crippen molar-refractivity contribution >= 4 is 28.2 Å². The van der Waals surface area contributed by atoms with E-state index < -0.39 is 18.5 Å². The van der Waals surface area contributed by atoms with Crippen molar-refractivity contribution < 1.29 is 18.0 Å². The summed E-state index contributed by atoms with van der Waals surface area (Å²) in [6.07, 6.45) is 2.44. The van der Waals surface area contributed by atoms with E-state index in [0.29, 0.717) is 36.3 Å². The molecule has 9 heteroatoms. The summed E-state index contributed by atoms with van der Waals surface area (Å²) in [7, 11) is 3.95. The lowest BCUT2D eigenvalue weighted by Crippen LogP contribution is -2.29. The number of alkyl halides is 1. The maximum atomic E-state index is 13.7. The summed E-state index contributed by atoms with van der Waals surface area (Å²) >= 11 is 0. The quantitative estimate of drug-likeness (QED) is 0.174. The van der Waals surface area contributed by atoms with Crippen molar-refractivity contribution in [3.05, 3.63) is 84.1 Å². The van der Waals surface area contributed by atoms with E-state index in [9.17, 15) is 13.6 Å². The van der Waals surface area contributed by atoms with Crippen LogP contribution in [0, 0.1) is 5.82 Å². The average Bonchev–Trinajstić information content (AvgIpc) is 3.39. The van der Waals surface area contributed by atoms with E-state index in [2.05, 4.69) is 21.4 Å². The van der Waals surface area contributed by atoms with Gasteiger partial charge in [0.25, 0.3) is 5.91 Å². The zero-order valence-corrected chi connectivity index (χ0v) is 20.7. The molecule has 1 amide bonds. The Bertz CT molecular complexity index is 1420. The molecular formula is C28H29F2N5O2. The monoisotopic (exact) mass is 505 g/mol. The maximum Gasteiger partial charge on any atom is 0.251 e. The normalized spacial score (nSPS) is 12.5. The Hall–Kier alpha value is -4.27. The number of nitrogens with one attached hydrogen (secondary N) is 1. The molecule has 0 radical (unpaired) electrons. The number of aliphatic imine (C=N–C) groups is 1. The van der Waals surface area contributed by atoms with Crippen LogP contribution in [0.5, 0.6) is 0 Å². The van der Waals surface area contributed by atoms with Crippen molar-refractivity contribution in [3.8, 4) is 11.3 Å². The lowest BCUT2D eigenvalue weighted by Gasteiger charge is -2.16. The second kappa shape index (κ2) is 11.6. The molecule has 1 aromatic heterocycles. The van der Waals surface area contributed by atoms with Gasteiger partial charge >= 0.3 is 0 Å². The Labute approximate surface area is 214 Å². The number of nitrogens with zero attached hydrogens (tertiary/aromatic N) is 3. The molecule has 7 nitrogen and oxygen atoms in total. The van der Waals surface area contributed by atoms with Crippen LogP contribution in [-0.2, 0) is 0 Å². The molecule has 3 N–H and O–H groups in total. The Kier molecular flexibility index (Phi) is 8.12. The minimum absolute atomic E-state index is 0.0707. The van der Waals surface area contributed by atoms with Crippen LogP contribution in [0.15, 0.2) is 76.3 Å². The molecule has 1 atom stereocenters. The zero-order chi connectivity index (χ0) is 26.4. The van der Waals surface area contributed by atoms with Crippen LogP contribution >= 0.6 is 0 Å². The van der Waals surface area contributed by atoms with Crippen molar-refractivity contribution in [3.63, 3.8) is 0 Å². The first-order chi connectivity index (χ1) is 17.8. The van der Waals surface area contributed by atoms with Gasteiger partial charge in [0.2, 0.25) is 5.89 Å². The molecule has 3 aromatic carbocycles. The highest BCUT2D eigenvalue weighted by atomic mass is 19.1. The molecule has 0 aliphatic rings. The summed E-state index contributed by atoms with van der Waals surface area (Å²) in [5.74, 6) is -0.0838. The summed E-state index contributed by atoms with van der Waals surface area (Å²) in [4.78, 5) is 23.6. The number of hydrogen-bond acceptors (Lipinski definition) is 5. The zero-order valence-electron chi connectivity index (χ0n) is 20.7. The fourth-order valence-corrected chi connectivity index (χ4v) is 3.94. The lowest BCUT2D eigenvalue weighted by molar-refractivity contribution is 0.0927. The second-order valence-corrected chi connectivity index (χ2v) is 8.89. The molecule has 1 heterocycles. The van der Waals surface area contributed by atoms with E-state index in [1.165, 1.54) is 18.3 Å². The van der Waals surface area contributed by atoms with E-state index in [0.717, 1.165) is 16.5 Å². The van der Waals surface area contributed by atoms with Gasteiger partial charge in [0.15, 0.2) is 5.76 Å². The van der Waals surface area contributed by atoms with Gasteiger partial charge in [-0.2, -0.15) is 0 Å². The van der Waals surface area contributed by atoms with Gasteiger partial charge in [-0.25, -0.2) is 13.8 Å². The molecular weight excluding hydrogens is 476 g/mol. The number of amides is 1. The highest BCUT2D eigenvalue weighted by molar-refractivity contribution is 5.99. The number of carbonyl (C=O) groups is 1. The molecule has 1 unspecified atom stereocenters. The van der Waals surface area contributed by atoms with Crippen LogP contribution in [0.25, 0.3) is 22.1 Å². The molecule has 0 bridgehead atoms. The summed E-state index contributed by atoms with van der Waals surface area (Å²) in [6, 6.07) is 17.0. The fraction of sp³-hybridized carbons (Fsp3) is 0.250. The first kappa shape index (κ1) is 25.8. The molecule has 0 saturated heterocycles. The third kappa shape index (κ3) is 6.49. The standard InChI is InChI=1S/C28H29F2N5O2/c1-35(2)23-11-10-18-13-21(9-8-19(18)15-23)27(36)34-24(7-4-12-32-26(31)16-29)28-33-17-25(37-28)20-5-3-6-22(30)14-20/h3,5-6,8-11,13-15,17,24H,4,7,12,16H2,1-2H3,(H2,31,32)(H,34,36). The number of benzene rings is 3. The van der Waals surface area contributed by atoms with E-state index in [-0.39, 0.29) is 17.6 Å². The topological polar surface area (TPSA) is 96.8 Å². The third-order valence-corrected chi connectivity index (χ3v) is 5.94. The van der Waals surface area contributed by atoms with Crippen molar-refractivity contribution in [2.75, 3.05) is 32.2 Å². The van der Waals surface area contributed by atoms with Crippen molar-refractivity contribution in [2.45, 2.75) is 18.9 Å². The number of carbonyl (C=O) groups excluding carboxylic acids is 1. The van der Waals surface area contributed by atoms with Crippen LogP contribution in [0.4, 0.5) is 14.5 Å². The SMILES string of the molecule is CN(C)c1ccc2cc(C(=O)NC(CCCN=C(N)CF)c3ncc(-c4cccc(F)c4)o3)ccc2c1. The third-order valence-electron chi connectivity index (χ3n) is 5.94. The van der Waals surface area contributed by atoms with Crippen LogP contribution in [0.2, 0.25) is 0 Å². The molecule has 4 aromatic rings. The number of oxazole rings is 1. The van der Waals surface area contributed by atoms with E-state index >= 15 is 0 Å². The first-order valence-corrected chi connectivity index (χ1v) is 11.9. The van der Waals surface area contributed by atoms with Gasteiger partial charge < -0.3 is 20.4 Å². The highest BCUT2D eigenvalue weighted by Gasteiger charge is 2.21. The van der Waals surface area contributed by atoms with Gasteiger partial charge in [-0.05, 0) is 60.0 Å². The van der Waals surface area contributed by atoms with E-state index in [1.807, 2.05) is 43.3 Å². The van der Waals surface area contributed by atoms with Crippen molar-refractivity contribution in [1.29, 1.82) is 0 Å². The molecule has 192 valence electrons. The first-order valence-electron chi connectivity index (χ1n) is 11.9. The lowest BCUT2D eigenvalue weighted by atomic mass is 10.0. The smallest absolute Gasteiger partial charge is 0.251 e. The highest BCUT2D eigenvalue weighted by Crippen LogP contribution is 2.27. The Morgan fingerprint density at radius 2 is 1.92 bits per heavy atom. The molecule has 37 heavy (non-hydrogen) atoms. The van der Waals surface area contributed by atoms with Crippen LogP contribution in [0.1, 0.15) is 35.1 Å². The molecule has 0 aliphatic heterocycles. The van der Waals surface area contributed by atoms with Gasteiger partial charge in [-0.15, -0.1) is 0 Å². The summed E-state index contributed by atoms with van der Waals surface area (Å²) in [5.41, 5.74) is 7.55. The average molecular weight is 506 g/mol. The van der Waals surface area contributed by atoms with Crippen molar-refractivity contribution in [1.82, 2.24) is 10.3 Å². The summed E-state index contributed by atoms with van der Waals surface area (Å²) in [5, 5.41) is 4.95. The van der Waals surface area contributed by atoms with Gasteiger partial charge in [0, 0.05) is 37.5 Å². The summed E-state index contributed by atoms with van der Waals surface area (Å²) < 4.78 is 32.2. The largest absolute Gasteiger partial charge is 0.438 e. The van der Waals surface area contributed by atoms with Crippen LogP contribution < -0.4 is 16.0 Å². The summed E-state index contributed by atoms with van der Waals surface area (Å²) in [6.45, 7) is -0.515. The van der Waals surface area contributed by atoms with Crippen LogP contribution in [0.3, 0.4) is 0 Å². The molecule has 0 spiro atoms. The number of aromatic nitrogens is 1. The number of nitrogens with two attached hydrogens (primary N) is 1. The second-order valence-electron chi connectivity index (χ2n) is 8.89. The van der Waals surface area contributed by atoms with E-state index in [1.54, 1.807) is 18.2 Å². The minimum atomic E-state index is -0.811. The van der Waals surface area contributed by atoms with Gasteiger partial charge in [-0.1, -0.05) is 24.3 Å². The predicted octanol–water partition coefficient (Wildman–Crippen LogP) is 5.28. The molecule has 0 saturated carbocycles.